The Hall–Kier alpha value is -0.290. The van der Waals surface area contributed by atoms with Crippen molar-refractivity contribution in [2.75, 3.05) is 26.7 Å². The van der Waals surface area contributed by atoms with Crippen LogP contribution in [0.2, 0.25) is 0 Å². The van der Waals surface area contributed by atoms with Crippen molar-refractivity contribution in [2.24, 2.45) is 5.73 Å². The summed E-state index contributed by atoms with van der Waals surface area (Å²) >= 11 is 0. The van der Waals surface area contributed by atoms with Crippen molar-refractivity contribution in [3.05, 3.63) is 0 Å². The molecule has 0 fully saturated rings. The Morgan fingerprint density at radius 1 is 1.00 bits per heavy atom. The topological polar surface area (TPSA) is 29.3 Å². The lowest BCUT2D eigenvalue weighted by molar-refractivity contribution is -0.143. The molecule has 0 atom stereocenters. The minimum Gasteiger partial charge on any atom is -0.330 e. The molecule has 2 N–H and O–H groups in total. The van der Waals surface area contributed by atoms with E-state index >= 15 is 0 Å². The zero-order valence-corrected chi connectivity index (χ0v) is 9.32. The van der Waals surface area contributed by atoms with E-state index < -0.39 is 12.7 Å². The maximum absolute atomic E-state index is 11.9. The first-order chi connectivity index (χ1) is 6.95. The number of nitrogens with two attached hydrogens (primary N) is 1. The van der Waals surface area contributed by atoms with Crippen LogP contribution in [0.4, 0.5) is 13.2 Å². The van der Waals surface area contributed by atoms with Gasteiger partial charge in [-0.3, -0.25) is 4.90 Å². The van der Waals surface area contributed by atoms with Crippen molar-refractivity contribution in [1.29, 1.82) is 0 Å². The third-order valence-electron chi connectivity index (χ3n) is 2.19. The van der Waals surface area contributed by atoms with Gasteiger partial charge in [0.25, 0.3) is 0 Å². The molecule has 0 heterocycles. The van der Waals surface area contributed by atoms with E-state index in [4.69, 9.17) is 5.73 Å². The summed E-state index contributed by atoms with van der Waals surface area (Å²) < 4.78 is 35.8. The van der Waals surface area contributed by atoms with Crippen LogP contribution in [-0.2, 0) is 0 Å². The Kier molecular flexibility index (Phi) is 7.78. The number of nitrogens with zero attached hydrogens (tertiary/aromatic N) is 1. The third kappa shape index (κ3) is 11.6. The molecule has 92 valence electrons. The largest absolute Gasteiger partial charge is 0.401 e. The molecule has 0 bridgehead atoms. The van der Waals surface area contributed by atoms with Crippen molar-refractivity contribution in [1.82, 2.24) is 4.90 Å². The lowest BCUT2D eigenvalue weighted by Gasteiger charge is -2.18. The van der Waals surface area contributed by atoms with Gasteiger partial charge in [0.1, 0.15) is 0 Å². The van der Waals surface area contributed by atoms with Gasteiger partial charge in [-0.25, -0.2) is 0 Å². The fraction of sp³-hybridized carbons (Fsp3) is 1.00. The maximum atomic E-state index is 11.9. The first kappa shape index (κ1) is 14.7. The summed E-state index contributed by atoms with van der Waals surface area (Å²) in [5.41, 5.74) is 5.33. The summed E-state index contributed by atoms with van der Waals surface area (Å²) in [6.45, 7) is 0.409. The van der Waals surface area contributed by atoms with Gasteiger partial charge >= 0.3 is 6.18 Å². The number of alkyl halides is 3. The zero-order chi connectivity index (χ0) is 11.7. The fourth-order valence-corrected chi connectivity index (χ4v) is 1.44. The van der Waals surface area contributed by atoms with Gasteiger partial charge in [0.2, 0.25) is 0 Å². The second-order valence-corrected chi connectivity index (χ2v) is 3.91. The molecule has 0 aliphatic rings. The number of rotatable bonds is 8. The van der Waals surface area contributed by atoms with Gasteiger partial charge in [-0.15, -0.1) is 0 Å². The van der Waals surface area contributed by atoms with Crippen molar-refractivity contribution in [2.45, 2.75) is 38.3 Å². The average molecular weight is 226 g/mol. The highest BCUT2D eigenvalue weighted by atomic mass is 19.4. The molecule has 0 unspecified atom stereocenters. The van der Waals surface area contributed by atoms with E-state index in [0.29, 0.717) is 13.1 Å². The molecule has 0 aromatic carbocycles. The van der Waals surface area contributed by atoms with Crippen molar-refractivity contribution in [3.63, 3.8) is 0 Å². The first-order valence-corrected chi connectivity index (χ1v) is 5.41. The van der Waals surface area contributed by atoms with E-state index in [0.717, 1.165) is 32.1 Å². The van der Waals surface area contributed by atoms with Gasteiger partial charge in [0, 0.05) is 0 Å². The molecule has 0 saturated carbocycles. The van der Waals surface area contributed by atoms with Gasteiger partial charge in [-0.05, 0) is 33.0 Å². The SMILES string of the molecule is CN(CCCCCCCN)CC(F)(F)F. The predicted molar refractivity (Wildman–Crippen MR) is 55.7 cm³/mol. The summed E-state index contributed by atoms with van der Waals surface area (Å²) in [4.78, 5) is 1.32. The quantitative estimate of drug-likeness (QED) is 0.644. The molecule has 0 amide bonds. The highest BCUT2D eigenvalue weighted by Gasteiger charge is 2.28. The molecule has 15 heavy (non-hydrogen) atoms. The monoisotopic (exact) mass is 226 g/mol. The van der Waals surface area contributed by atoms with Gasteiger partial charge in [-0.2, -0.15) is 13.2 Å². The number of hydrogen-bond acceptors (Lipinski definition) is 2. The van der Waals surface area contributed by atoms with E-state index in [1.165, 1.54) is 11.9 Å². The van der Waals surface area contributed by atoms with Crippen LogP contribution in [0.3, 0.4) is 0 Å². The Morgan fingerprint density at radius 2 is 1.53 bits per heavy atom. The molecular formula is C10H21F3N2. The van der Waals surface area contributed by atoms with Gasteiger partial charge < -0.3 is 5.73 Å². The molecule has 2 nitrogen and oxygen atoms in total. The van der Waals surface area contributed by atoms with Crippen LogP contribution in [0.1, 0.15) is 32.1 Å². The van der Waals surface area contributed by atoms with Gasteiger partial charge in [-0.1, -0.05) is 19.3 Å². The molecule has 0 radical (unpaired) electrons. The maximum Gasteiger partial charge on any atom is 0.401 e. The lowest BCUT2D eigenvalue weighted by Crippen LogP contribution is -2.31. The predicted octanol–water partition coefficient (Wildman–Crippen LogP) is 2.39. The van der Waals surface area contributed by atoms with Crippen molar-refractivity contribution < 1.29 is 13.2 Å². The number of hydrogen-bond donors (Lipinski definition) is 1. The van der Waals surface area contributed by atoms with Gasteiger partial charge in [0.05, 0.1) is 6.54 Å². The summed E-state index contributed by atoms with van der Waals surface area (Å²) in [5.74, 6) is 0. The molecule has 5 heteroatoms. The van der Waals surface area contributed by atoms with E-state index in [1.54, 1.807) is 0 Å². The lowest BCUT2D eigenvalue weighted by atomic mass is 10.1. The number of halogens is 3. The van der Waals surface area contributed by atoms with Crippen molar-refractivity contribution >= 4 is 0 Å². The Balaban J connectivity index is 3.28. The third-order valence-corrected chi connectivity index (χ3v) is 2.19. The Morgan fingerprint density at radius 3 is 2.07 bits per heavy atom. The summed E-state index contributed by atoms with van der Waals surface area (Å²) in [5, 5.41) is 0. The van der Waals surface area contributed by atoms with Crippen LogP contribution in [0.15, 0.2) is 0 Å². The van der Waals surface area contributed by atoms with Crippen molar-refractivity contribution in [3.8, 4) is 0 Å². The Bertz CT molecular complexity index is 148. The van der Waals surface area contributed by atoms with E-state index in [1.807, 2.05) is 0 Å². The molecule has 0 rings (SSSR count). The van der Waals surface area contributed by atoms with Crippen LogP contribution < -0.4 is 5.73 Å². The molecule has 0 aromatic rings. The highest BCUT2D eigenvalue weighted by molar-refractivity contribution is 4.58. The minimum atomic E-state index is -4.08. The second-order valence-electron chi connectivity index (χ2n) is 3.91. The van der Waals surface area contributed by atoms with Crippen LogP contribution in [-0.4, -0.2) is 37.8 Å². The summed E-state index contributed by atoms with van der Waals surface area (Å²) in [6, 6.07) is 0. The van der Waals surface area contributed by atoms with E-state index in [2.05, 4.69) is 0 Å². The summed E-state index contributed by atoms with van der Waals surface area (Å²) in [6.07, 6.45) is 0.905. The number of unbranched alkanes of at least 4 members (excludes halogenated alkanes) is 4. The standard InChI is InChI=1S/C10H21F3N2/c1-15(9-10(11,12)13)8-6-4-2-3-5-7-14/h2-9,14H2,1H3. The van der Waals surface area contributed by atoms with Crippen LogP contribution >= 0.6 is 0 Å². The molecule has 0 aromatic heterocycles. The van der Waals surface area contributed by atoms with Crippen LogP contribution in [0.5, 0.6) is 0 Å². The molecular weight excluding hydrogens is 205 g/mol. The average Bonchev–Trinajstić information content (AvgIpc) is 2.08. The fourth-order valence-electron chi connectivity index (χ4n) is 1.44. The normalized spacial score (nSPS) is 12.4. The van der Waals surface area contributed by atoms with E-state index in [9.17, 15) is 13.2 Å². The highest BCUT2D eigenvalue weighted by Crippen LogP contribution is 2.15. The molecule has 0 aliphatic heterocycles. The molecule has 0 saturated heterocycles. The summed E-state index contributed by atoms with van der Waals surface area (Å²) in [7, 11) is 1.51. The molecule has 0 spiro atoms. The first-order valence-electron chi connectivity index (χ1n) is 5.41. The smallest absolute Gasteiger partial charge is 0.330 e. The molecule has 0 aliphatic carbocycles. The Labute approximate surface area is 89.6 Å². The zero-order valence-electron chi connectivity index (χ0n) is 9.32. The van der Waals surface area contributed by atoms with Crippen LogP contribution in [0.25, 0.3) is 0 Å². The van der Waals surface area contributed by atoms with E-state index in [-0.39, 0.29) is 0 Å². The second kappa shape index (κ2) is 7.93. The van der Waals surface area contributed by atoms with Gasteiger partial charge in [0.15, 0.2) is 0 Å². The van der Waals surface area contributed by atoms with Crippen LogP contribution in [0, 0.1) is 0 Å². The minimum absolute atomic E-state index is 0.516.